The van der Waals surface area contributed by atoms with Gasteiger partial charge >= 0.3 is 0 Å². The number of hydrogen-bond donors (Lipinski definition) is 0. The van der Waals surface area contributed by atoms with E-state index in [2.05, 4.69) is 6.08 Å². The van der Waals surface area contributed by atoms with Crippen LogP contribution in [0.5, 0.6) is 0 Å². The lowest BCUT2D eigenvalue weighted by Gasteiger charge is -2.46. The molecule has 2 unspecified atom stereocenters. The summed E-state index contributed by atoms with van der Waals surface area (Å²) in [6.45, 7) is 0. The van der Waals surface area contributed by atoms with Crippen molar-refractivity contribution in [3.63, 3.8) is 0 Å². The third-order valence-electron chi connectivity index (χ3n) is 10.6. The quantitative estimate of drug-likeness (QED) is 0.341. The maximum absolute atomic E-state index is 14.0. The fourth-order valence-electron chi connectivity index (χ4n) is 8.86. The fourth-order valence-corrected chi connectivity index (χ4v) is 10.3. The van der Waals surface area contributed by atoms with Gasteiger partial charge in [0.1, 0.15) is 0 Å². The summed E-state index contributed by atoms with van der Waals surface area (Å²) in [6.07, 6.45) is 28.0. The number of hydrogen-bond acceptors (Lipinski definition) is 3. The third-order valence-corrected chi connectivity index (χ3v) is 12.0. The summed E-state index contributed by atoms with van der Waals surface area (Å²) in [6, 6.07) is 0. The van der Waals surface area contributed by atoms with E-state index in [9.17, 15) is 8.42 Å². The minimum absolute atomic E-state index is 0.146. The molecule has 0 heterocycles. The van der Waals surface area contributed by atoms with Crippen molar-refractivity contribution in [2.75, 3.05) is 7.11 Å². The number of rotatable bonds is 6. The van der Waals surface area contributed by atoms with Gasteiger partial charge in [0.2, 0.25) is 0 Å². The van der Waals surface area contributed by atoms with Gasteiger partial charge in [-0.15, -0.1) is 0 Å². The lowest BCUT2D eigenvalue weighted by Crippen LogP contribution is -2.39. The van der Waals surface area contributed by atoms with Gasteiger partial charge in [-0.05, 0) is 92.1 Å². The smallest absolute Gasteiger partial charge is 0.270 e. The first-order chi connectivity index (χ1) is 17.1. The lowest BCUT2D eigenvalue weighted by molar-refractivity contribution is 0.160. The molecule has 0 aromatic carbocycles. The Hall–Kier alpha value is -0.610. The van der Waals surface area contributed by atoms with Gasteiger partial charge in [-0.25, -0.2) is 0 Å². The van der Waals surface area contributed by atoms with Crippen molar-refractivity contribution in [3.8, 4) is 0 Å². The molecule has 0 radical (unpaired) electrons. The van der Waals surface area contributed by atoms with E-state index in [0.717, 1.165) is 17.7 Å². The molecule has 2 atom stereocenters. The normalized spacial score (nSPS) is 31.5. The van der Waals surface area contributed by atoms with Crippen LogP contribution in [0.2, 0.25) is 0 Å². The molecule has 3 nitrogen and oxygen atoms in total. The van der Waals surface area contributed by atoms with Crippen molar-refractivity contribution in [1.82, 2.24) is 0 Å². The van der Waals surface area contributed by atoms with Crippen LogP contribution in [0.1, 0.15) is 128 Å². The molecule has 5 rings (SSSR count). The maximum Gasteiger partial charge on any atom is 0.293 e. The molecule has 4 saturated carbocycles. The molecule has 0 bridgehead atoms. The molecule has 0 N–H and O–H groups in total. The average molecular weight is 503 g/mol. The molecule has 4 heteroatoms. The van der Waals surface area contributed by atoms with Crippen LogP contribution < -0.4 is 0 Å². The first-order valence-electron chi connectivity index (χ1n) is 15.4. The second-order valence-corrected chi connectivity index (χ2v) is 14.3. The van der Waals surface area contributed by atoms with Crippen LogP contribution in [0.15, 0.2) is 22.1 Å². The van der Waals surface area contributed by atoms with Crippen LogP contribution >= 0.6 is 0 Å². The van der Waals surface area contributed by atoms with Crippen LogP contribution in [-0.4, -0.2) is 15.5 Å². The Morgan fingerprint density at radius 2 is 1.09 bits per heavy atom. The Labute approximate surface area is 215 Å². The van der Waals surface area contributed by atoms with Gasteiger partial charge in [0.25, 0.3) is 10.1 Å². The Bertz CT molecular complexity index is 861. The molecule has 0 spiro atoms. The SMILES string of the molecule is COS(=O)(=O)C1=C(C2CCCCC2)C(C2CCCCC2)=CC(C2CCCCC2)C1C1CCCCC1. The highest BCUT2D eigenvalue weighted by atomic mass is 32.2. The molecular formula is C31H50O3S. The van der Waals surface area contributed by atoms with E-state index in [-0.39, 0.29) is 5.92 Å². The van der Waals surface area contributed by atoms with Crippen LogP contribution in [0, 0.1) is 35.5 Å². The maximum atomic E-state index is 14.0. The summed E-state index contributed by atoms with van der Waals surface area (Å²) in [5.74, 6) is 2.65. The summed E-state index contributed by atoms with van der Waals surface area (Å²) in [5.41, 5.74) is 2.76. The van der Waals surface area contributed by atoms with Gasteiger partial charge in [0, 0.05) is 5.92 Å². The Morgan fingerprint density at radius 1 is 0.629 bits per heavy atom. The monoisotopic (exact) mass is 502 g/mol. The standard InChI is InChI=1S/C31H50O3S/c1-34-35(32,33)31-29(25-18-10-4-11-19-25)27(23-14-6-2-7-15-23)22-28(24-16-8-3-9-17-24)30(31)26-20-12-5-13-21-26/h22-27,29H,2-21H2,1H3. The summed E-state index contributed by atoms with van der Waals surface area (Å²) in [5, 5.41) is 0. The second kappa shape index (κ2) is 11.8. The van der Waals surface area contributed by atoms with Gasteiger partial charge in [0.05, 0.1) is 12.0 Å². The van der Waals surface area contributed by atoms with Gasteiger partial charge in [0.15, 0.2) is 0 Å². The van der Waals surface area contributed by atoms with E-state index in [1.807, 2.05) is 0 Å². The molecule has 0 saturated heterocycles. The predicted molar refractivity (Wildman–Crippen MR) is 144 cm³/mol. The molecule has 35 heavy (non-hydrogen) atoms. The molecule has 4 fully saturated rings. The topological polar surface area (TPSA) is 43.4 Å². The van der Waals surface area contributed by atoms with Crippen molar-refractivity contribution in [2.45, 2.75) is 128 Å². The molecule has 5 aliphatic carbocycles. The molecule has 0 aromatic rings. The van der Waals surface area contributed by atoms with Crippen molar-refractivity contribution in [3.05, 3.63) is 22.1 Å². The molecule has 198 valence electrons. The minimum atomic E-state index is -3.72. The van der Waals surface area contributed by atoms with Crippen molar-refractivity contribution < 1.29 is 12.6 Å². The average Bonchev–Trinajstić information content (AvgIpc) is 2.94. The first kappa shape index (κ1) is 26.0. The Kier molecular flexibility index (Phi) is 8.80. The Balaban J connectivity index is 1.68. The predicted octanol–water partition coefficient (Wildman–Crippen LogP) is 8.71. The lowest BCUT2D eigenvalue weighted by atomic mass is 9.60. The van der Waals surface area contributed by atoms with E-state index in [4.69, 9.17) is 4.18 Å². The van der Waals surface area contributed by atoms with Crippen LogP contribution in [0.25, 0.3) is 0 Å². The van der Waals surface area contributed by atoms with E-state index in [1.165, 1.54) is 134 Å². The highest BCUT2D eigenvalue weighted by Gasteiger charge is 2.47. The zero-order valence-corrected chi connectivity index (χ0v) is 23.1. The summed E-state index contributed by atoms with van der Waals surface area (Å²) >= 11 is 0. The van der Waals surface area contributed by atoms with Crippen molar-refractivity contribution >= 4 is 10.1 Å². The number of allylic oxidation sites excluding steroid dienone is 4. The molecule has 0 aromatic heterocycles. The second-order valence-electron chi connectivity index (χ2n) is 12.6. The largest absolute Gasteiger partial charge is 0.293 e. The highest BCUT2D eigenvalue weighted by Crippen LogP contribution is 2.55. The first-order valence-corrected chi connectivity index (χ1v) is 16.8. The summed E-state index contributed by atoms with van der Waals surface area (Å²) < 4.78 is 33.5. The molecule has 0 amide bonds. The van der Waals surface area contributed by atoms with Gasteiger partial charge in [-0.3, -0.25) is 4.18 Å². The van der Waals surface area contributed by atoms with Crippen LogP contribution in [-0.2, 0) is 14.3 Å². The van der Waals surface area contributed by atoms with Crippen molar-refractivity contribution in [2.24, 2.45) is 35.5 Å². The minimum Gasteiger partial charge on any atom is -0.270 e. The van der Waals surface area contributed by atoms with E-state index in [1.54, 1.807) is 0 Å². The van der Waals surface area contributed by atoms with E-state index < -0.39 is 10.1 Å². The third kappa shape index (κ3) is 5.64. The zero-order valence-electron chi connectivity index (χ0n) is 22.3. The summed E-state index contributed by atoms with van der Waals surface area (Å²) in [7, 11) is -2.30. The van der Waals surface area contributed by atoms with E-state index >= 15 is 0 Å². The summed E-state index contributed by atoms with van der Waals surface area (Å²) in [4.78, 5) is 0.789. The highest BCUT2D eigenvalue weighted by molar-refractivity contribution is 7.90. The van der Waals surface area contributed by atoms with Crippen molar-refractivity contribution in [1.29, 1.82) is 0 Å². The van der Waals surface area contributed by atoms with Gasteiger partial charge in [-0.1, -0.05) is 83.1 Å². The van der Waals surface area contributed by atoms with Gasteiger partial charge < -0.3 is 0 Å². The van der Waals surface area contributed by atoms with Crippen LogP contribution in [0.4, 0.5) is 0 Å². The molecule has 5 aliphatic rings. The fraction of sp³-hybridized carbons (Fsp3) is 0.871. The van der Waals surface area contributed by atoms with Crippen LogP contribution in [0.3, 0.4) is 0 Å². The van der Waals surface area contributed by atoms with E-state index in [0.29, 0.717) is 29.6 Å². The molecular weight excluding hydrogens is 452 g/mol. The van der Waals surface area contributed by atoms with Gasteiger partial charge in [-0.2, -0.15) is 8.42 Å². The molecule has 0 aliphatic heterocycles. The Morgan fingerprint density at radius 3 is 1.60 bits per heavy atom. The zero-order chi connectivity index (χ0) is 24.3.